The van der Waals surface area contributed by atoms with Crippen molar-refractivity contribution in [2.75, 3.05) is 20.1 Å². The van der Waals surface area contributed by atoms with E-state index >= 15 is 0 Å². The maximum Gasteiger partial charge on any atom is 0.150 e. The van der Waals surface area contributed by atoms with E-state index in [1.165, 1.54) is 6.20 Å². The number of aromatic nitrogens is 1. The molecule has 0 spiro atoms. The highest BCUT2D eigenvalue weighted by atomic mass is 32.2. The third-order valence-electron chi connectivity index (χ3n) is 5.31. The van der Waals surface area contributed by atoms with Crippen LogP contribution in [0, 0.1) is 11.7 Å². The molecule has 2 aromatic rings. The minimum absolute atomic E-state index is 0.202. The molecule has 0 aliphatic carbocycles. The van der Waals surface area contributed by atoms with Gasteiger partial charge in [0.15, 0.2) is 5.82 Å². The van der Waals surface area contributed by atoms with Gasteiger partial charge in [-0.3, -0.25) is 4.98 Å². The molecule has 0 amide bonds. The number of hydrogen-bond acceptors (Lipinski definition) is 3. The van der Waals surface area contributed by atoms with Crippen LogP contribution in [0.15, 0.2) is 35.5 Å². The van der Waals surface area contributed by atoms with Crippen molar-refractivity contribution in [3.05, 3.63) is 36.4 Å². The van der Waals surface area contributed by atoms with Crippen LogP contribution in [0.1, 0.15) is 13.3 Å². The molecule has 3 heterocycles. The lowest BCUT2D eigenvalue weighted by molar-refractivity contribution is 0.249. The van der Waals surface area contributed by atoms with E-state index in [0.29, 0.717) is 27.6 Å². The molecule has 1 aromatic carbocycles. The van der Waals surface area contributed by atoms with Crippen molar-refractivity contribution in [3.8, 4) is 0 Å². The molecule has 1 aromatic heterocycles. The molecule has 122 valence electrons. The first-order chi connectivity index (χ1) is 11.1. The van der Waals surface area contributed by atoms with Gasteiger partial charge in [-0.15, -0.1) is 0 Å². The number of hydrogen-bond donors (Lipinski definition) is 0. The summed E-state index contributed by atoms with van der Waals surface area (Å²) in [5.74, 6) is 0.149. The summed E-state index contributed by atoms with van der Waals surface area (Å²) in [5, 5.41) is 1.12. The van der Waals surface area contributed by atoms with Gasteiger partial charge in [0.1, 0.15) is 11.0 Å². The van der Waals surface area contributed by atoms with E-state index in [1.807, 2.05) is 16.4 Å². The van der Waals surface area contributed by atoms with Crippen LogP contribution in [0.5, 0.6) is 0 Å². The minimum atomic E-state index is -1.36. The van der Waals surface area contributed by atoms with Crippen LogP contribution in [0.2, 0.25) is 0 Å². The van der Waals surface area contributed by atoms with Crippen LogP contribution in [-0.4, -0.2) is 50.6 Å². The van der Waals surface area contributed by atoms with Crippen LogP contribution >= 0.6 is 0 Å². The topological polar surface area (TPSA) is 36.4 Å². The highest BCUT2D eigenvalue weighted by Crippen LogP contribution is 2.37. The molecule has 4 unspecified atom stereocenters. The largest absolute Gasteiger partial charge is 0.301 e. The highest BCUT2D eigenvalue weighted by molar-refractivity contribution is 7.83. The summed E-state index contributed by atoms with van der Waals surface area (Å²) >= 11 is 0. The fraction of sp³-hybridized carbons (Fsp3) is 0.471. The molecule has 2 aliphatic heterocycles. The maximum absolute atomic E-state index is 14.3. The first-order valence-electron chi connectivity index (χ1n) is 7.99. The Hall–Kier alpha value is -1.37. The molecule has 0 radical (unpaired) electrons. The van der Waals surface area contributed by atoms with Gasteiger partial charge < -0.3 is 4.90 Å². The van der Waals surface area contributed by atoms with E-state index in [4.69, 9.17) is 0 Å². The lowest BCUT2D eigenvalue weighted by Gasteiger charge is -2.27. The van der Waals surface area contributed by atoms with E-state index in [0.717, 1.165) is 19.5 Å². The van der Waals surface area contributed by atoms with Gasteiger partial charge in [0.05, 0.1) is 11.1 Å². The zero-order valence-electron chi connectivity index (χ0n) is 13.3. The van der Waals surface area contributed by atoms with Crippen LogP contribution in [-0.2, 0) is 11.0 Å². The number of fused-ring (bicyclic) bond motifs is 2. The van der Waals surface area contributed by atoms with Crippen molar-refractivity contribution in [3.63, 3.8) is 0 Å². The molecule has 0 saturated carbocycles. The Bertz CT molecular complexity index is 778. The normalized spacial score (nSPS) is 30.0. The number of rotatable bonds is 2. The number of likely N-dealkylation sites (tertiary alicyclic amines) is 1. The zero-order valence-corrected chi connectivity index (χ0v) is 14.1. The summed E-state index contributed by atoms with van der Waals surface area (Å²) in [6.07, 6.45) is 3.96. The lowest BCUT2D eigenvalue weighted by atomic mass is 10.0. The molecule has 4 rings (SSSR count). The van der Waals surface area contributed by atoms with Crippen molar-refractivity contribution in [1.82, 2.24) is 14.2 Å². The number of halogens is 1. The molecule has 0 bridgehead atoms. The van der Waals surface area contributed by atoms with E-state index in [2.05, 4.69) is 23.9 Å². The molecular weight excluding hydrogens is 313 g/mol. The second-order valence-electron chi connectivity index (χ2n) is 6.58. The highest BCUT2D eigenvalue weighted by Gasteiger charge is 2.47. The van der Waals surface area contributed by atoms with E-state index < -0.39 is 16.8 Å². The zero-order chi connectivity index (χ0) is 16.1. The predicted octanol–water partition coefficient (Wildman–Crippen LogP) is 2.42. The first-order valence-corrected chi connectivity index (χ1v) is 9.09. The number of likely N-dealkylation sites (N-methyl/N-ethyl adjacent to an activating group) is 1. The Morgan fingerprint density at radius 2 is 2.17 bits per heavy atom. The monoisotopic (exact) mass is 333 g/mol. The summed E-state index contributed by atoms with van der Waals surface area (Å²) in [7, 11) is 0.777. The summed E-state index contributed by atoms with van der Waals surface area (Å²) in [6.45, 7) is 4.05. The summed E-state index contributed by atoms with van der Waals surface area (Å²) in [5.41, 5.74) is 0. The smallest absolute Gasteiger partial charge is 0.150 e. The van der Waals surface area contributed by atoms with E-state index in [-0.39, 0.29) is 6.04 Å². The predicted molar refractivity (Wildman–Crippen MR) is 88.8 cm³/mol. The minimum Gasteiger partial charge on any atom is -0.301 e. The average molecular weight is 333 g/mol. The van der Waals surface area contributed by atoms with Gasteiger partial charge in [-0.1, -0.05) is 12.1 Å². The number of pyridine rings is 1. The van der Waals surface area contributed by atoms with Crippen molar-refractivity contribution < 1.29 is 8.60 Å². The summed E-state index contributed by atoms with van der Waals surface area (Å²) in [6, 6.07) is 6.05. The molecular formula is C17H20FN3OS. The Morgan fingerprint density at radius 1 is 1.35 bits per heavy atom. The van der Waals surface area contributed by atoms with Crippen molar-refractivity contribution >= 4 is 21.8 Å². The van der Waals surface area contributed by atoms with Crippen molar-refractivity contribution in [2.24, 2.45) is 5.92 Å². The van der Waals surface area contributed by atoms with Gasteiger partial charge in [-0.05, 0) is 38.9 Å². The van der Waals surface area contributed by atoms with Crippen molar-refractivity contribution in [1.29, 1.82) is 0 Å². The second-order valence-corrected chi connectivity index (χ2v) is 7.99. The maximum atomic E-state index is 14.3. The molecule has 0 N–H and O–H groups in total. The van der Waals surface area contributed by atoms with E-state index in [9.17, 15) is 8.60 Å². The van der Waals surface area contributed by atoms with Crippen molar-refractivity contribution in [2.45, 2.75) is 30.3 Å². The number of benzene rings is 1. The van der Waals surface area contributed by atoms with E-state index in [1.54, 1.807) is 12.3 Å². The Balaban J connectivity index is 1.74. The fourth-order valence-electron chi connectivity index (χ4n) is 4.23. The third kappa shape index (κ3) is 2.31. The van der Waals surface area contributed by atoms with Gasteiger partial charge in [-0.2, -0.15) is 0 Å². The van der Waals surface area contributed by atoms with Crippen LogP contribution in [0.4, 0.5) is 4.39 Å². The molecule has 4 nitrogen and oxygen atoms in total. The molecule has 2 saturated heterocycles. The molecule has 23 heavy (non-hydrogen) atoms. The molecule has 6 heteroatoms. The SMILES string of the molecule is CC1C2C(CCN2C)CN1S(=O)c1cccc2cncc(F)c12. The second kappa shape index (κ2) is 5.61. The van der Waals surface area contributed by atoms with Gasteiger partial charge in [0.2, 0.25) is 0 Å². The summed E-state index contributed by atoms with van der Waals surface area (Å²) in [4.78, 5) is 6.80. The molecule has 4 atom stereocenters. The fourth-order valence-corrected chi connectivity index (χ4v) is 5.82. The lowest BCUT2D eigenvalue weighted by Crippen LogP contribution is -2.40. The van der Waals surface area contributed by atoms with Gasteiger partial charge in [-0.25, -0.2) is 12.9 Å². The average Bonchev–Trinajstić information content (AvgIpc) is 3.07. The van der Waals surface area contributed by atoms with Crippen LogP contribution in [0.3, 0.4) is 0 Å². The van der Waals surface area contributed by atoms with Crippen LogP contribution < -0.4 is 0 Å². The standard InChI is InChI=1S/C17H20FN3OS/c1-11-17-13(6-7-20(17)2)10-21(11)23(22)15-5-3-4-12-8-19-9-14(18)16(12)15/h3-5,8-9,11,13,17H,6-7,10H2,1-2H3. The van der Waals surface area contributed by atoms with Gasteiger partial charge >= 0.3 is 0 Å². The Morgan fingerprint density at radius 3 is 2.96 bits per heavy atom. The Labute approximate surface area is 137 Å². The molecule has 2 fully saturated rings. The summed E-state index contributed by atoms with van der Waals surface area (Å²) < 4.78 is 29.5. The Kier molecular flexibility index (Phi) is 3.70. The van der Waals surface area contributed by atoms with Gasteiger partial charge in [0, 0.05) is 35.6 Å². The first kappa shape index (κ1) is 15.2. The van der Waals surface area contributed by atoms with Crippen LogP contribution in [0.25, 0.3) is 10.8 Å². The van der Waals surface area contributed by atoms with Gasteiger partial charge in [0.25, 0.3) is 0 Å². The number of nitrogens with zero attached hydrogens (tertiary/aromatic N) is 3. The molecule has 2 aliphatic rings. The third-order valence-corrected chi connectivity index (χ3v) is 6.93. The quantitative estimate of drug-likeness (QED) is 0.847.